The molecule has 0 spiro atoms. The fourth-order valence-electron chi connectivity index (χ4n) is 0.616. The second-order valence-electron chi connectivity index (χ2n) is 2.27. The predicted molar refractivity (Wildman–Crippen MR) is 42.4 cm³/mol. The van der Waals surface area contributed by atoms with Crippen molar-refractivity contribution in [3.63, 3.8) is 0 Å². The third kappa shape index (κ3) is 5.03. The van der Waals surface area contributed by atoms with Crippen LogP contribution in [0.5, 0.6) is 0 Å². The Morgan fingerprint density at radius 3 is 2.18 bits per heavy atom. The van der Waals surface area contributed by atoms with Gasteiger partial charge in [0.25, 0.3) is 0 Å². The summed E-state index contributed by atoms with van der Waals surface area (Å²) < 4.78 is 0. The smallest absolute Gasteiger partial charge is 0.332 e. The van der Waals surface area contributed by atoms with Gasteiger partial charge in [0.15, 0.2) is 6.04 Å². The van der Waals surface area contributed by atoms with E-state index in [1.54, 1.807) is 6.92 Å². The van der Waals surface area contributed by atoms with Gasteiger partial charge in [-0.25, -0.2) is 4.79 Å². The fourth-order valence-corrected chi connectivity index (χ4v) is 0.616. The SMILES string of the molecule is CC[C@H](C)[C@H](N=O)C(=O)O.[K]. The molecule has 0 bridgehead atoms. The molecule has 0 saturated heterocycles. The van der Waals surface area contributed by atoms with E-state index in [4.69, 9.17) is 5.11 Å². The van der Waals surface area contributed by atoms with Crippen molar-refractivity contribution >= 4 is 57.4 Å². The van der Waals surface area contributed by atoms with Gasteiger partial charge in [-0.3, -0.25) is 0 Å². The quantitative estimate of drug-likeness (QED) is 0.520. The summed E-state index contributed by atoms with van der Waals surface area (Å²) in [5, 5.41) is 10.9. The van der Waals surface area contributed by atoms with Crippen molar-refractivity contribution in [2.75, 3.05) is 0 Å². The van der Waals surface area contributed by atoms with E-state index in [0.29, 0.717) is 6.42 Å². The molecule has 11 heavy (non-hydrogen) atoms. The van der Waals surface area contributed by atoms with Crippen LogP contribution < -0.4 is 0 Å². The molecule has 0 fully saturated rings. The summed E-state index contributed by atoms with van der Waals surface area (Å²) in [6.07, 6.45) is 0.655. The first kappa shape index (κ1) is 14.2. The maximum absolute atomic E-state index is 10.2. The Bertz CT molecular complexity index is 140. The number of aliphatic carboxylic acids is 1. The fraction of sp³-hybridized carbons (Fsp3) is 0.833. The van der Waals surface area contributed by atoms with E-state index in [1.807, 2.05) is 6.92 Å². The Balaban J connectivity index is 0. The first-order valence-electron chi connectivity index (χ1n) is 3.18. The summed E-state index contributed by atoms with van der Waals surface area (Å²) in [4.78, 5) is 20.2. The number of nitrogens with zero attached hydrogens (tertiary/aromatic N) is 1. The molecule has 5 heteroatoms. The molecule has 59 valence electrons. The Morgan fingerprint density at radius 1 is 1.64 bits per heavy atom. The Hall–Kier alpha value is 0.706. The number of nitroso groups, excluding NO2 is 1. The molecule has 1 N–H and O–H groups in total. The van der Waals surface area contributed by atoms with E-state index < -0.39 is 12.0 Å². The average molecular weight is 184 g/mol. The molecule has 1 radical (unpaired) electrons. The van der Waals surface area contributed by atoms with Crippen LogP contribution in [0.2, 0.25) is 0 Å². The number of hydrogen-bond acceptors (Lipinski definition) is 3. The van der Waals surface area contributed by atoms with E-state index in [-0.39, 0.29) is 57.3 Å². The molecule has 0 heterocycles. The molecule has 0 aromatic carbocycles. The molecule has 0 saturated carbocycles. The monoisotopic (exact) mass is 184 g/mol. The molecule has 0 unspecified atom stereocenters. The summed E-state index contributed by atoms with van der Waals surface area (Å²) >= 11 is 0. The molecule has 0 amide bonds. The zero-order valence-electron chi connectivity index (χ0n) is 7.07. The van der Waals surface area contributed by atoms with Crippen LogP contribution in [-0.2, 0) is 4.79 Å². The Morgan fingerprint density at radius 2 is 2.09 bits per heavy atom. The number of carboxylic acids is 1. The number of rotatable bonds is 4. The number of hydrogen-bond donors (Lipinski definition) is 1. The van der Waals surface area contributed by atoms with Gasteiger partial charge in [0.05, 0.1) is 0 Å². The first-order valence-corrected chi connectivity index (χ1v) is 3.18. The first-order chi connectivity index (χ1) is 4.63. The van der Waals surface area contributed by atoms with Gasteiger partial charge >= 0.3 is 5.97 Å². The van der Waals surface area contributed by atoms with E-state index in [9.17, 15) is 9.70 Å². The van der Waals surface area contributed by atoms with Gasteiger partial charge in [-0.15, -0.1) is 4.91 Å². The van der Waals surface area contributed by atoms with Gasteiger partial charge in [-0.1, -0.05) is 25.4 Å². The largest absolute Gasteiger partial charge is 0.480 e. The van der Waals surface area contributed by atoms with Crippen LogP contribution in [0.4, 0.5) is 0 Å². The van der Waals surface area contributed by atoms with Crippen molar-refractivity contribution < 1.29 is 9.90 Å². The van der Waals surface area contributed by atoms with Crippen LogP contribution in [0.15, 0.2) is 5.18 Å². The van der Waals surface area contributed by atoms with Crippen LogP contribution in [0.25, 0.3) is 0 Å². The topological polar surface area (TPSA) is 66.7 Å². The maximum atomic E-state index is 10.2. The summed E-state index contributed by atoms with van der Waals surface area (Å²) in [7, 11) is 0. The molecular formula is C6H11KNO3. The van der Waals surface area contributed by atoms with Gasteiger partial charge < -0.3 is 5.11 Å². The summed E-state index contributed by atoms with van der Waals surface area (Å²) in [5.74, 6) is -1.31. The van der Waals surface area contributed by atoms with Crippen LogP contribution in [0, 0.1) is 10.8 Å². The maximum Gasteiger partial charge on any atom is 0.332 e. The van der Waals surface area contributed by atoms with Gasteiger partial charge in [0.2, 0.25) is 0 Å². The van der Waals surface area contributed by atoms with Gasteiger partial charge in [0.1, 0.15) is 0 Å². The van der Waals surface area contributed by atoms with Crippen LogP contribution >= 0.6 is 0 Å². The summed E-state index contributed by atoms with van der Waals surface area (Å²) in [6.45, 7) is 3.52. The standard InChI is InChI=1S/C6H11NO3.K/c1-3-4(2)5(7-10)6(8)9;/h4-5H,3H2,1-2H3,(H,8,9);/t4-,5-;/m0./s1. The molecular weight excluding hydrogens is 173 g/mol. The van der Waals surface area contributed by atoms with E-state index in [1.165, 1.54) is 0 Å². The van der Waals surface area contributed by atoms with Gasteiger partial charge in [-0.05, 0) is 5.92 Å². The van der Waals surface area contributed by atoms with E-state index in [0.717, 1.165) is 0 Å². The minimum Gasteiger partial charge on any atom is -0.480 e. The average Bonchev–Trinajstić information content (AvgIpc) is 1.88. The number of carbonyl (C=O) groups is 1. The minimum absolute atomic E-state index is 0. The van der Waals surface area contributed by atoms with Gasteiger partial charge in [-0.2, -0.15) is 0 Å². The van der Waals surface area contributed by atoms with Gasteiger partial charge in [0, 0.05) is 51.4 Å². The predicted octanol–water partition coefficient (Wildman–Crippen LogP) is 0.871. The van der Waals surface area contributed by atoms with Crippen LogP contribution in [0.3, 0.4) is 0 Å². The molecule has 0 aromatic heterocycles. The van der Waals surface area contributed by atoms with Crippen molar-refractivity contribution in [3.8, 4) is 0 Å². The molecule has 2 atom stereocenters. The van der Waals surface area contributed by atoms with Crippen molar-refractivity contribution in [1.29, 1.82) is 0 Å². The van der Waals surface area contributed by atoms with E-state index >= 15 is 0 Å². The third-order valence-corrected chi connectivity index (χ3v) is 1.55. The second kappa shape index (κ2) is 7.36. The number of carboxylic acid groups (broad SMARTS) is 1. The normalized spacial score (nSPS) is 14.4. The van der Waals surface area contributed by atoms with Crippen LogP contribution in [-0.4, -0.2) is 68.5 Å². The zero-order valence-corrected chi connectivity index (χ0v) is 10.2. The zero-order chi connectivity index (χ0) is 8.15. The van der Waals surface area contributed by atoms with Crippen molar-refractivity contribution in [3.05, 3.63) is 4.91 Å². The van der Waals surface area contributed by atoms with Crippen molar-refractivity contribution in [1.82, 2.24) is 0 Å². The molecule has 0 aliphatic carbocycles. The Kier molecular flexibility index (Phi) is 9.53. The summed E-state index contributed by atoms with van der Waals surface area (Å²) in [6, 6.07) is -1.08. The van der Waals surface area contributed by atoms with Crippen molar-refractivity contribution in [2.24, 2.45) is 11.1 Å². The summed E-state index contributed by atoms with van der Waals surface area (Å²) in [5.41, 5.74) is 0. The molecule has 0 aliphatic rings. The molecule has 0 rings (SSSR count). The van der Waals surface area contributed by atoms with Crippen molar-refractivity contribution in [2.45, 2.75) is 26.3 Å². The minimum atomic E-state index is -1.13. The Labute approximate surface area is 108 Å². The third-order valence-electron chi connectivity index (χ3n) is 1.55. The van der Waals surface area contributed by atoms with E-state index in [2.05, 4.69) is 5.18 Å². The second-order valence-corrected chi connectivity index (χ2v) is 2.27. The van der Waals surface area contributed by atoms with Crippen LogP contribution in [0.1, 0.15) is 20.3 Å². The molecule has 0 aliphatic heterocycles. The molecule has 0 aromatic rings. The molecule has 4 nitrogen and oxygen atoms in total.